The first-order chi connectivity index (χ1) is 5.18. The van der Waals surface area contributed by atoms with Crippen molar-refractivity contribution < 1.29 is 4.79 Å². The Morgan fingerprint density at radius 2 is 2.18 bits per heavy atom. The number of hydrogen-bond acceptors (Lipinski definition) is 2. The molecule has 0 heterocycles. The van der Waals surface area contributed by atoms with Crippen LogP contribution in [-0.2, 0) is 4.79 Å². The molecule has 1 fully saturated rings. The number of rotatable bonds is 5. The van der Waals surface area contributed by atoms with Gasteiger partial charge in [-0.25, -0.2) is 0 Å². The van der Waals surface area contributed by atoms with Gasteiger partial charge in [0.2, 0.25) is 0 Å². The fourth-order valence-corrected chi connectivity index (χ4v) is 1.07. The highest BCUT2D eigenvalue weighted by Crippen LogP contribution is 2.18. The molecule has 0 aromatic carbocycles. The van der Waals surface area contributed by atoms with E-state index in [-0.39, 0.29) is 0 Å². The van der Waals surface area contributed by atoms with Gasteiger partial charge < -0.3 is 5.32 Å². The quantitative estimate of drug-likeness (QED) is 0.649. The van der Waals surface area contributed by atoms with Crippen LogP contribution in [0.2, 0.25) is 0 Å². The monoisotopic (exact) mass is 155 g/mol. The van der Waals surface area contributed by atoms with E-state index in [0.29, 0.717) is 24.3 Å². The summed E-state index contributed by atoms with van der Waals surface area (Å²) in [5, 5.41) is 3.21. The van der Waals surface area contributed by atoms with E-state index >= 15 is 0 Å². The highest BCUT2D eigenvalue weighted by molar-refractivity contribution is 5.80. The third-order valence-electron chi connectivity index (χ3n) is 1.80. The highest BCUT2D eigenvalue weighted by atomic mass is 16.1. The molecule has 1 aliphatic rings. The Morgan fingerprint density at radius 1 is 1.55 bits per heavy atom. The van der Waals surface area contributed by atoms with Gasteiger partial charge in [0.1, 0.15) is 5.78 Å². The van der Waals surface area contributed by atoms with Gasteiger partial charge in [-0.3, -0.25) is 4.79 Å². The van der Waals surface area contributed by atoms with E-state index in [0.717, 1.165) is 6.42 Å². The summed E-state index contributed by atoms with van der Waals surface area (Å²) in [7, 11) is 0. The second-order valence-corrected chi connectivity index (χ2v) is 3.79. The number of Topliss-reactive ketones (excluding diaryl/α,β-unsaturated/α-hetero) is 1. The number of hydrogen-bond donors (Lipinski definition) is 1. The summed E-state index contributed by atoms with van der Waals surface area (Å²) in [5.74, 6) is 0.857. The molecule has 0 saturated heterocycles. The minimum absolute atomic E-state index is 0.354. The fraction of sp³-hybridized carbons (Fsp3) is 0.889. The van der Waals surface area contributed by atoms with Gasteiger partial charge in [-0.2, -0.15) is 0 Å². The van der Waals surface area contributed by atoms with Crippen LogP contribution in [-0.4, -0.2) is 18.4 Å². The number of carbonyl (C=O) groups is 1. The van der Waals surface area contributed by atoms with E-state index in [1.807, 2.05) is 0 Å². The van der Waals surface area contributed by atoms with Crippen LogP contribution in [0.1, 0.15) is 33.1 Å². The molecule has 0 atom stereocenters. The number of carbonyl (C=O) groups excluding carboxylic acids is 1. The molecule has 0 bridgehead atoms. The molecule has 0 spiro atoms. The third kappa shape index (κ3) is 4.14. The zero-order valence-corrected chi connectivity index (χ0v) is 7.39. The Morgan fingerprint density at radius 3 is 2.64 bits per heavy atom. The lowest BCUT2D eigenvalue weighted by Crippen LogP contribution is -2.25. The molecule has 0 aromatic heterocycles. The van der Waals surface area contributed by atoms with Crippen LogP contribution in [0.15, 0.2) is 0 Å². The first kappa shape index (κ1) is 8.72. The molecule has 2 nitrogen and oxygen atoms in total. The summed E-state index contributed by atoms with van der Waals surface area (Å²) >= 11 is 0. The van der Waals surface area contributed by atoms with Gasteiger partial charge in [0.25, 0.3) is 0 Å². The van der Waals surface area contributed by atoms with Crippen molar-refractivity contribution in [1.82, 2.24) is 5.32 Å². The fourth-order valence-electron chi connectivity index (χ4n) is 1.07. The van der Waals surface area contributed by atoms with Crippen LogP contribution in [0.25, 0.3) is 0 Å². The summed E-state index contributed by atoms with van der Waals surface area (Å²) in [6.07, 6.45) is 3.24. The maximum atomic E-state index is 11.1. The molecule has 1 saturated carbocycles. The lowest BCUT2D eigenvalue weighted by Gasteiger charge is -2.03. The molecule has 1 N–H and O–H groups in total. The van der Waals surface area contributed by atoms with Gasteiger partial charge in [0, 0.05) is 12.5 Å². The topological polar surface area (TPSA) is 29.1 Å². The summed E-state index contributed by atoms with van der Waals surface area (Å²) in [4.78, 5) is 11.1. The van der Waals surface area contributed by atoms with Crippen molar-refractivity contribution in [2.75, 3.05) is 6.54 Å². The Kier molecular flexibility index (Phi) is 3.06. The smallest absolute Gasteiger partial charge is 0.146 e. The van der Waals surface area contributed by atoms with E-state index in [2.05, 4.69) is 19.2 Å². The molecule has 1 rings (SSSR count). The van der Waals surface area contributed by atoms with Gasteiger partial charge in [-0.05, 0) is 18.8 Å². The van der Waals surface area contributed by atoms with Gasteiger partial charge >= 0.3 is 0 Å². The van der Waals surface area contributed by atoms with Gasteiger partial charge in [-0.15, -0.1) is 0 Å². The Hall–Kier alpha value is -0.370. The summed E-state index contributed by atoms with van der Waals surface area (Å²) < 4.78 is 0. The van der Waals surface area contributed by atoms with Crippen molar-refractivity contribution >= 4 is 5.78 Å². The maximum Gasteiger partial charge on any atom is 0.146 e. The van der Waals surface area contributed by atoms with Crippen molar-refractivity contribution in [3.05, 3.63) is 0 Å². The van der Waals surface area contributed by atoms with Crippen LogP contribution in [0.4, 0.5) is 0 Å². The average Bonchev–Trinajstić information content (AvgIpc) is 2.63. The van der Waals surface area contributed by atoms with Crippen molar-refractivity contribution in [2.24, 2.45) is 5.92 Å². The average molecular weight is 155 g/mol. The summed E-state index contributed by atoms with van der Waals surface area (Å²) in [6, 6.07) is 0.658. The van der Waals surface area contributed by atoms with Crippen molar-refractivity contribution in [3.8, 4) is 0 Å². The minimum atomic E-state index is 0.354. The summed E-state index contributed by atoms with van der Waals surface area (Å²) in [5.41, 5.74) is 0. The lowest BCUT2D eigenvalue weighted by atomic mass is 10.1. The van der Waals surface area contributed by atoms with Crippen LogP contribution in [0.5, 0.6) is 0 Å². The van der Waals surface area contributed by atoms with Crippen molar-refractivity contribution in [2.45, 2.75) is 39.2 Å². The second kappa shape index (κ2) is 3.86. The zero-order chi connectivity index (χ0) is 8.27. The molecule has 0 aromatic rings. The Labute approximate surface area is 68.4 Å². The van der Waals surface area contributed by atoms with Crippen LogP contribution in [0, 0.1) is 5.92 Å². The Balaban J connectivity index is 2.00. The summed E-state index contributed by atoms with van der Waals surface area (Å²) in [6.45, 7) is 4.74. The van der Waals surface area contributed by atoms with Gasteiger partial charge in [0.15, 0.2) is 0 Å². The predicted octanol–water partition coefficient (Wildman–Crippen LogP) is 1.35. The highest BCUT2D eigenvalue weighted by Gasteiger charge is 2.21. The van der Waals surface area contributed by atoms with E-state index in [4.69, 9.17) is 0 Å². The normalized spacial score (nSPS) is 17.4. The molecule has 0 unspecified atom stereocenters. The Bertz CT molecular complexity index is 138. The molecular formula is C9H17NO. The molecule has 2 heteroatoms. The van der Waals surface area contributed by atoms with E-state index in [9.17, 15) is 4.79 Å². The van der Waals surface area contributed by atoms with Crippen LogP contribution < -0.4 is 5.32 Å². The third-order valence-corrected chi connectivity index (χ3v) is 1.80. The maximum absolute atomic E-state index is 11.1. The molecule has 0 amide bonds. The van der Waals surface area contributed by atoms with Gasteiger partial charge in [-0.1, -0.05) is 13.8 Å². The molecule has 11 heavy (non-hydrogen) atoms. The zero-order valence-electron chi connectivity index (χ0n) is 7.39. The van der Waals surface area contributed by atoms with Gasteiger partial charge in [0.05, 0.1) is 6.54 Å². The second-order valence-electron chi connectivity index (χ2n) is 3.79. The standard InChI is InChI=1S/C9H17NO/c1-7(2)5-9(11)6-10-8-3-4-8/h7-8,10H,3-6H2,1-2H3. The molecule has 0 aliphatic heterocycles. The SMILES string of the molecule is CC(C)CC(=O)CNC1CC1. The largest absolute Gasteiger partial charge is 0.307 e. The number of ketones is 1. The molecule has 0 radical (unpaired) electrons. The molecule has 1 aliphatic carbocycles. The van der Waals surface area contributed by atoms with Crippen molar-refractivity contribution in [1.29, 1.82) is 0 Å². The molecular weight excluding hydrogens is 138 g/mol. The predicted molar refractivity (Wildman–Crippen MR) is 45.5 cm³/mol. The van der Waals surface area contributed by atoms with Crippen LogP contribution in [0.3, 0.4) is 0 Å². The first-order valence-corrected chi connectivity index (χ1v) is 4.43. The number of nitrogens with one attached hydrogen (secondary N) is 1. The van der Waals surface area contributed by atoms with Crippen molar-refractivity contribution in [3.63, 3.8) is 0 Å². The first-order valence-electron chi connectivity index (χ1n) is 4.43. The lowest BCUT2D eigenvalue weighted by molar-refractivity contribution is -0.118. The van der Waals surface area contributed by atoms with E-state index in [1.54, 1.807) is 0 Å². The molecule has 64 valence electrons. The minimum Gasteiger partial charge on any atom is -0.307 e. The van der Waals surface area contributed by atoms with E-state index < -0.39 is 0 Å². The van der Waals surface area contributed by atoms with E-state index in [1.165, 1.54) is 12.8 Å². The van der Waals surface area contributed by atoms with Crippen LogP contribution >= 0.6 is 0 Å².